The molecule has 0 bridgehead atoms. The predicted molar refractivity (Wildman–Crippen MR) is 66.3 cm³/mol. The third kappa shape index (κ3) is 3.34. The molecular weight excluding hydrogens is 212 g/mol. The van der Waals surface area contributed by atoms with Crippen LogP contribution in [-0.4, -0.2) is 6.04 Å². The van der Waals surface area contributed by atoms with Gasteiger partial charge in [0.15, 0.2) is 0 Å². The van der Waals surface area contributed by atoms with E-state index in [1.807, 2.05) is 12.1 Å². The van der Waals surface area contributed by atoms with Gasteiger partial charge in [-0.1, -0.05) is 19.3 Å². The zero-order chi connectivity index (χ0) is 12.1. The maximum Gasteiger partial charge on any atom is 0.203 e. The lowest BCUT2D eigenvalue weighted by Gasteiger charge is -2.28. The van der Waals surface area contributed by atoms with Crippen LogP contribution in [0, 0.1) is 17.2 Å². The van der Waals surface area contributed by atoms with Crippen LogP contribution in [0.1, 0.15) is 50.5 Å². The highest BCUT2D eigenvalue weighted by Crippen LogP contribution is 2.26. The van der Waals surface area contributed by atoms with Crippen molar-refractivity contribution in [1.82, 2.24) is 5.32 Å². The highest BCUT2D eigenvalue weighted by molar-refractivity contribution is 5.18. The molecule has 2 rings (SSSR count). The van der Waals surface area contributed by atoms with Crippen molar-refractivity contribution >= 4 is 0 Å². The van der Waals surface area contributed by atoms with Crippen molar-refractivity contribution in [2.45, 2.75) is 51.6 Å². The SMILES string of the molecule is CC(NCc1ccc(C#N)o1)C1CCCCC1. The average molecular weight is 232 g/mol. The van der Waals surface area contributed by atoms with Crippen molar-refractivity contribution in [3.05, 3.63) is 23.7 Å². The number of furan rings is 1. The topological polar surface area (TPSA) is 49.0 Å². The van der Waals surface area contributed by atoms with Crippen LogP contribution in [0.4, 0.5) is 0 Å². The van der Waals surface area contributed by atoms with Gasteiger partial charge in [0.25, 0.3) is 0 Å². The van der Waals surface area contributed by atoms with Gasteiger partial charge >= 0.3 is 0 Å². The second kappa shape index (κ2) is 5.88. The van der Waals surface area contributed by atoms with Gasteiger partial charge in [0.2, 0.25) is 5.76 Å². The van der Waals surface area contributed by atoms with Gasteiger partial charge in [-0.25, -0.2) is 0 Å². The van der Waals surface area contributed by atoms with Gasteiger partial charge in [-0.3, -0.25) is 0 Å². The van der Waals surface area contributed by atoms with Crippen LogP contribution in [0.25, 0.3) is 0 Å². The summed E-state index contributed by atoms with van der Waals surface area (Å²) in [6, 6.07) is 6.14. The Kier molecular flexibility index (Phi) is 4.22. The van der Waals surface area contributed by atoms with E-state index < -0.39 is 0 Å². The zero-order valence-electron chi connectivity index (χ0n) is 10.4. The molecule has 1 N–H and O–H groups in total. The quantitative estimate of drug-likeness (QED) is 0.867. The molecule has 1 saturated carbocycles. The smallest absolute Gasteiger partial charge is 0.203 e. The van der Waals surface area contributed by atoms with Crippen molar-refractivity contribution in [1.29, 1.82) is 5.26 Å². The van der Waals surface area contributed by atoms with Gasteiger partial charge in [-0.15, -0.1) is 0 Å². The Hall–Kier alpha value is -1.27. The fraction of sp³-hybridized carbons (Fsp3) is 0.643. The molecule has 92 valence electrons. The molecule has 3 heteroatoms. The average Bonchev–Trinajstić information content (AvgIpc) is 2.85. The number of hydrogen-bond donors (Lipinski definition) is 1. The molecule has 0 spiro atoms. The van der Waals surface area contributed by atoms with E-state index in [0.29, 0.717) is 11.8 Å². The molecule has 0 amide bonds. The molecule has 17 heavy (non-hydrogen) atoms. The Morgan fingerprint density at radius 2 is 2.18 bits per heavy atom. The summed E-state index contributed by atoms with van der Waals surface area (Å²) in [6.07, 6.45) is 6.82. The highest BCUT2D eigenvalue weighted by Gasteiger charge is 2.19. The first-order chi connectivity index (χ1) is 8.29. The number of hydrogen-bond acceptors (Lipinski definition) is 3. The lowest BCUT2D eigenvalue weighted by molar-refractivity contribution is 0.275. The standard InChI is InChI=1S/C14H20N2O/c1-11(12-5-3-2-4-6-12)16-10-14-8-7-13(9-15)17-14/h7-8,11-12,16H,2-6,10H2,1H3. The Morgan fingerprint density at radius 3 is 2.82 bits per heavy atom. The second-order valence-corrected chi connectivity index (χ2v) is 4.95. The molecule has 0 saturated heterocycles. The van der Waals surface area contributed by atoms with Gasteiger partial charge in [-0.05, 0) is 37.8 Å². The molecule has 1 aromatic heterocycles. The third-order valence-electron chi connectivity index (χ3n) is 3.73. The predicted octanol–water partition coefficient (Wildman–Crippen LogP) is 3.21. The van der Waals surface area contributed by atoms with E-state index >= 15 is 0 Å². The van der Waals surface area contributed by atoms with Crippen LogP contribution in [0.15, 0.2) is 16.5 Å². The van der Waals surface area contributed by atoms with Crippen molar-refractivity contribution in [2.75, 3.05) is 0 Å². The molecule has 1 aromatic rings. The first-order valence-electron chi connectivity index (χ1n) is 6.52. The van der Waals surface area contributed by atoms with Crippen LogP contribution < -0.4 is 5.32 Å². The molecule has 1 atom stereocenters. The van der Waals surface area contributed by atoms with Crippen LogP contribution in [0.3, 0.4) is 0 Å². The summed E-state index contributed by atoms with van der Waals surface area (Å²) in [4.78, 5) is 0. The summed E-state index contributed by atoms with van der Waals surface area (Å²) < 4.78 is 5.35. The number of nitriles is 1. The molecule has 0 aromatic carbocycles. The van der Waals surface area contributed by atoms with Gasteiger partial charge in [0.1, 0.15) is 11.8 Å². The largest absolute Gasteiger partial charge is 0.449 e. The van der Waals surface area contributed by atoms with E-state index in [9.17, 15) is 0 Å². The van der Waals surface area contributed by atoms with Crippen LogP contribution >= 0.6 is 0 Å². The van der Waals surface area contributed by atoms with Crippen molar-refractivity contribution in [3.8, 4) is 6.07 Å². The number of rotatable bonds is 4. The molecule has 0 radical (unpaired) electrons. The van der Waals surface area contributed by atoms with Gasteiger partial charge < -0.3 is 9.73 Å². The maximum absolute atomic E-state index is 8.67. The molecule has 1 heterocycles. The molecule has 1 aliphatic rings. The van der Waals surface area contributed by atoms with E-state index in [4.69, 9.17) is 9.68 Å². The summed E-state index contributed by atoms with van der Waals surface area (Å²) in [5.41, 5.74) is 0. The summed E-state index contributed by atoms with van der Waals surface area (Å²) in [5, 5.41) is 12.2. The lowest BCUT2D eigenvalue weighted by atomic mass is 9.84. The summed E-state index contributed by atoms with van der Waals surface area (Å²) >= 11 is 0. The van der Waals surface area contributed by atoms with E-state index in [1.54, 1.807) is 6.07 Å². The van der Waals surface area contributed by atoms with E-state index in [-0.39, 0.29) is 0 Å². The second-order valence-electron chi connectivity index (χ2n) is 4.95. The first-order valence-corrected chi connectivity index (χ1v) is 6.52. The minimum Gasteiger partial charge on any atom is -0.449 e. The molecule has 0 aliphatic heterocycles. The van der Waals surface area contributed by atoms with Gasteiger partial charge in [-0.2, -0.15) is 5.26 Å². The van der Waals surface area contributed by atoms with Crippen LogP contribution in [0.5, 0.6) is 0 Å². The first kappa shape index (κ1) is 12.2. The highest BCUT2D eigenvalue weighted by atomic mass is 16.3. The van der Waals surface area contributed by atoms with E-state index in [2.05, 4.69) is 12.2 Å². The maximum atomic E-state index is 8.67. The lowest BCUT2D eigenvalue weighted by Crippen LogP contribution is -2.34. The normalized spacial score (nSPS) is 18.8. The Balaban J connectivity index is 1.79. The van der Waals surface area contributed by atoms with Crippen molar-refractivity contribution in [2.24, 2.45) is 5.92 Å². The number of nitrogens with one attached hydrogen (secondary N) is 1. The third-order valence-corrected chi connectivity index (χ3v) is 3.73. The molecular formula is C14H20N2O. The zero-order valence-corrected chi connectivity index (χ0v) is 10.4. The Morgan fingerprint density at radius 1 is 1.41 bits per heavy atom. The molecule has 1 fully saturated rings. The Labute approximate surface area is 103 Å². The van der Waals surface area contributed by atoms with Gasteiger partial charge in [0.05, 0.1) is 6.54 Å². The fourth-order valence-electron chi connectivity index (χ4n) is 2.60. The number of nitrogens with zero attached hydrogens (tertiary/aromatic N) is 1. The molecule has 3 nitrogen and oxygen atoms in total. The molecule has 1 aliphatic carbocycles. The van der Waals surface area contributed by atoms with E-state index in [0.717, 1.165) is 18.2 Å². The minimum absolute atomic E-state index is 0.395. The van der Waals surface area contributed by atoms with Crippen molar-refractivity contribution < 1.29 is 4.42 Å². The summed E-state index contributed by atoms with van der Waals surface area (Å²) in [5.74, 6) is 2.05. The van der Waals surface area contributed by atoms with Crippen LogP contribution in [0.2, 0.25) is 0 Å². The summed E-state index contributed by atoms with van der Waals surface area (Å²) in [6.45, 7) is 2.98. The van der Waals surface area contributed by atoms with Gasteiger partial charge in [0, 0.05) is 6.04 Å². The Bertz CT molecular complexity index is 385. The van der Waals surface area contributed by atoms with Crippen molar-refractivity contribution in [3.63, 3.8) is 0 Å². The minimum atomic E-state index is 0.395. The summed E-state index contributed by atoms with van der Waals surface area (Å²) in [7, 11) is 0. The monoisotopic (exact) mass is 232 g/mol. The van der Waals surface area contributed by atoms with E-state index in [1.165, 1.54) is 32.1 Å². The molecule has 1 unspecified atom stereocenters. The van der Waals surface area contributed by atoms with Crippen LogP contribution in [-0.2, 0) is 6.54 Å². The fourth-order valence-corrected chi connectivity index (χ4v) is 2.60.